The first-order chi connectivity index (χ1) is 12.7. The number of amides is 1. The highest BCUT2D eigenvalue weighted by atomic mass is 16.5. The Hall–Kier alpha value is -2.90. The molecule has 8 heteroatoms. The molecule has 1 amide bonds. The van der Waals surface area contributed by atoms with E-state index < -0.39 is 0 Å². The third kappa shape index (κ3) is 4.38. The topological polar surface area (TPSA) is 92.3 Å². The number of carbonyl (C=O) groups is 1. The van der Waals surface area contributed by atoms with E-state index in [0.29, 0.717) is 24.5 Å². The van der Waals surface area contributed by atoms with Crippen molar-refractivity contribution >= 4 is 17.5 Å². The molecule has 1 aliphatic rings. The Morgan fingerprint density at radius 1 is 1.27 bits per heavy atom. The number of aromatic nitrogens is 3. The van der Waals surface area contributed by atoms with Gasteiger partial charge in [0.1, 0.15) is 23.0 Å². The summed E-state index contributed by atoms with van der Waals surface area (Å²) in [6.45, 7) is 4.99. The van der Waals surface area contributed by atoms with E-state index in [2.05, 4.69) is 30.5 Å². The van der Waals surface area contributed by atoms with Crippen LogP contribution in [0.15, 0.2) is 24.4 Å². The van der Waals surface area contributed by atoms with Crippen molar-refractivity contribution in [3.63, 3.8) is 0 Å². The van der Waals surface area contributed by atoms with Gasteiger partial charge < -0.3 is 20.3 Å². The summed E-state index contributed by atoms with van der Waals surface area (Å²) in [5, 5.41) is 6.10. The molecule has 0 aliphatic carbocycles. The molecule has 0 unspecified atom stereocenters. The van der Waals surface area contributed by atoms with Gasteiger partial charge in [-0.15, -0.1) is 0 Å². The average Bonchev–Trinajstić information content (AvgIpc) is 3.19. The van der Waals surface area contributed by atoms with Crippen LogP contribution in [0.25, 0.3) is 0 Å². The molecule has 0 bridgehead atoms. The fourth-order valence-electron chi connectivity index (χ4n) is 2.94. The van der Waals surface area contributed by atoms with Crippen molar-refractivity contribution < 1.29 is 9.53 Å². The molecule has 0 atom stereocenters. The van der Waals surface area contributed by atoms with Gasteiger partial charge in [0.25, 0.3) is 5.91 Å². The third-order valence-corrected chi connectivity index (χ3v) is 4.18. The van der Waals surface area contributed by atoms with Crippen LogP contribution >= 0.6 is 0 Å². The second kappa shape index (κ2) is 8.46. The maximum atomic E-state index is 12.2. The maximum Gasteiger partial charge on any atom is 0.256 e. The smallest absolute Gasteiger partial charge is 0.256 e. The number of hydrogen-bond donors (Lipinski definition) is 2. The van der Waals surface area contributed by atoms with Crippen LogP contribution in [0, 0.1) is 6.92 Å². The monoisotopic (exact) mass is 356 g/mol. The minimum Gasteiger partial charge on any atom is -0.480 e. The van der Waals surface area contributed by atoms with E-state index in [4.69, 9.17) is 4.74 Å². The number of carbonyl (C=O) groups excluding carboxylic acids is 1. The van der Waals surface area contributed by atoms with Crippen molar-refractivity contribution in [1.29, 1.82) is 0 Å². The number of aryl methyl sites for hydroxylation is 1. The van der Waals surface area contributed by atoms with Gasteiger partial charge in [0, 0.05) is 38.4 Å². The summed E-state index contributed by atoms with van der Waals surface area (Å²) in [7, 11) is 1.50. The minimum absolute atomic E-state index is 0.214. The Bertz CT molecular complexity index is 761. The molecule has 138 valence electrons. The molecule has 0 spiro atoms. The summed E-state index contributed by atoms with van der Waals surface area (Å²) in [5.74, 6) is 2.57. The van der Waals surface area contributed by atoms with Crippen LogP contribution in [-0.4, -0.2) is 54.1 Å². The number of methoxy groups -OCH3 is 1. The van der Waals surface area contributed by atoms with E-state index in [1.165, 1.54) is 20.0 Å². The zero-order valence-electron chi connectivity index (χ0n) is 15.2. The first-order valence-corrected chi connectivity index (χ1v) is 8.79. The van der Waals surface area contributed by atoms with E-state index in [-0.39, 0.29) is 5.91 Å². The molecule has 1 aliphatic heterocycles. The van der Waals surface area contributed by atoms with Crippen LogP contribution in [0.5, 0.6) is 5.88 Å². The molecule has 1 fully saturated rings. The Kier molecular flexibility index (Phi) is 5.83. The average molecular weight is 356 g/mol. The van der Waals surface area contributed by atoms with Crippen LogP contribution in [0.2, 0.25) is 0 Å². The molecule has 2 aromatic rings. The van der Waals surface area contributed by atoms with E-state index in [9.17, 15) is 4.79 Å². The predicted octanol–water partition coefficient (Wildman–Crippen LogP) is 1.63. The van der Waals surface area contributed by atoms with E-state index in [1.807, 2.05) is 13.0 Å². The standard InChI is InChI=1S/C18H24N6O2/c1-13-22-15(12-16(23-13)24-10-3-4-11-24)19-8-9-20-17(25)14-6-5-7-21-18(14)26-2/h5-7,12H,3-4,8-11H2,1-2H3,(H,20,25)(H,19,22,23). The van der Waals surface area contributed by atoms with Crippen molar-refractivity contribution in [3.8, 4) is 5.88 Å². The molecule has 8 nitrogen and oxygen atoms in total. The Morgan fingerprint density at radius 2 is 2.08 bits per heavy atom. The lowest BCUT2D eigenvalue weighted by Crippen LogP contribution is -2.29. The van der Waals surface area contributed by atoms with Crippen molar-refractivity contribution in [2.75, 3.05) is 43.5 Å². The highest BCUT2D eigenvalue weighted by Gasteiger charge is 2.15. The summed E-state index contributed by atoms with van der Waals surface area (Å²) >= 11 is 0. The zero-order chi connectivity index (χ0) is 18.4. The summed E-state index contributed by atoms with van der Waals surface area (Å²) in [6, 6.07) is 5.36. The van der Waals surface area contributed by atoms with Crippen LogP contribution in [-0.2, 0) is 0 Å². The molecule has 0 radical (unpaired) electrons. The second-order valence-electron chi connectivity index (χ2n) is 6.10. The van der Waals surface area contributed by atoms with Crippen LogP contribution in [0.1, 0.15) is 29.0 Å². The predicted molar refractivity (Wildman–Crippen MR) is 99.8 cm³/mol. The van der Waals surface area contributed by atoms with Gasteiger partial charge in [0.15, 0.2) is 0 Å². The first kappa shape index (κ1) is 17.9. The summed E-state index contributed by atoms with van der Waals surface area (Å²) < 4.78 is 5.11. The minimum atomic E-state index is -0.214. The molecular formula is C18H24N6O2. The van der Waals surface area contributed by atoms with Crippen molar-refractivity contribution in [2.45, 2.75) is 19.8 Å². The normalized spacial score (nSPS) is 13.5. The van der Waals surface area contributed by atoms with Crippen molar-refractivity contribution in [1.82, 2.24) is 20.3 Å². The van der Waals surface area contributed by atoms with Gasteiger partial charge >= 0.3 is 0 Å². The Labute approximate surface area is 153 Å². The summed E-state index contributed by atoms with van der Waals surface area (Å²) in [6.07, 6.45) is 4.00. The SMILES string of the molecule is COc1ncccc1C(=O)NCCNc1cc(N2CCCC2)nc(C)n1. The first-order valence-electron chi connectivity index (χ1n) is 8.79. The number of hydrogen-bond acceptors (Lipinski definition) is 7. The van der Waals surface area contributed by atoms with Gasteiger partial charge in [-0.2, -0.15) is 0 Å². The molecule has 2 N–H and O–H groups in total. The lowest BCUT2D eigenvalue weighted by atomic mass is 10.2. The maximum absolute atomic E-state index is 12.2. The zero-order valence-corrected chi connectivity index (χ0v) is 15.2. The fraction of sp³-hybridized carbons (Fsp3) is 0.444. The lowest BCUT2D eigenvalue weighted by molar-refractivity contribution is 0.0951. The summed E-state index contributed by atoms with van der Waals surface area (Å²) in [5.41, 5.74) is 0.421. The number of ether oxygens (including phenoxy) is 1. The van der Waals surface area contributed by atoms with Gasteiger partial charge in [-0.05, 0) is 31.9 Å². The fourth-order valence-corrected chi connectivity index (χ4v) is 2.94. The number of anilines is 2. The number of rotatable bonds is 7. The van der Waals surface area contributed by atoms with Crippen LogP contribution < -0.4 is 20.3 Å². The van der Waals surface area contributed by atoms with Gasteiger partial charge in [-0.25, -0.2) is 15.0 Å². The number of nitrogens with zero attached hydrogens (tertiary/aromatic N) is 4. The Balaban J connectivity index is 1.52. The van der Waals surface area contributed by atoms with Gasteiger partial charge in [0.05, 0.1) is 7.11 Å². The lowest BCUT2D eigenvalue weighted by Gasteiger charge is -2.17. The summed E-state index contributed by atoms with van der Waals surface area (Å²) in [4.78, 5) is 27.5. The molecular weight excluding hydrogens is 332 g/mol. The van der Waals surface area contributed by atoms with Crippen LogP contribution in [0.3, 0.4) is 0 Å². The van der Waals surface area contributed by atoms with E-state index in [1.54, 1.807) is 18.3 Å². The van der Waals surface area contributed by atoms with Gasteiger partial charge in [-0.1, -0.05) is 0 Å². The molecule has 3 rings (SSSR count). The van der Waals surface area contributed by atoms with Crippen molar-refractivity contribution in [2.24, 2.45) is 0 Å². The number of nitrogens with one attached hydrogen (secondary N) is 2. The number of pyridine rings is 1. The van der Waals surface area contributed by atoms with E-state index >= 15 is 0 Å². The van der Waals surface area contributed by atoms with Gasteiger partial charge in [-0.3, -0.25) is 4.79 Å². The molecule has 3 heterocycles. The molecule has 26 heavy (non-hydrogen) atoms. The van der Waals surface area contributed by atoms with E-state index in [0.717, 1.165) is 30.5 Å². The quantitative estimate of drug-likeness (QED) is 0.729. The highest BCUT2D eigenvalue weighted by molar-refractivity contribution is 5.96. The molecule has 0 aromatic carbocycles. The second-order valence-corrected chi connectivity index (χ2v) is 6.10. The molecule has 0 saturated carbocycles. The Morgan fingerprint density at radius 3 is 2.85 bits per heavy atom. The molecule has 2 aromatic heterocycles. The third-order valence-electron chi connectivity index (χ3n) is 4.18. The van der Waals surface area contributed by atoms with Gasteiger partial charge in [0.2, 0.25) is 5.88 Å². The highest BCUT2D eigenvalue weighted by Crippen LogP contribution is 2.20. The van der Waals surface area contributed by atoms with Crippen molar-refractivity contribution in [3.05, 3.63) is 35.8 Å². The largest absolute Gasteiger partial charge is 0.480 e. The molecule has 1 saturated heterocycles. The van der Waals surface area contributed by atoms with Crippen LogP contribution in [0.4, 0.5) is 11.6 Å².